The molecule has 1 atom stereocenters. The highest BCUT2D eigenvalue weighted by Gasteiger charge is 2.26. The zero-order valence-corrected chi connectivity index (χ0v) is 17.0. The molecule has 2 aliphatic heterocycles. The van der Waals surface area contributed by atoms with E-state index in [1.54, 1.807) is 7.11 Å². The first-order valence-corrected chi connectivity index (χ1v) is 10.1. The molecule has 29 heavy (non-hydrogen) atoms. The standard InChI is InChI=1S/C21H28N6O2/c1-22-21-17-8-10-27(12-18(17)25-20(26-21)14-7-9-23-11-14)13-19(28)24-15-3-5-16(29-2)6-4-15/h3-6,14,23H,7-13H2,1-2H3,(H,24,28)(H,22,25,26)/t14-/m1/s1. The number of benzene rings is 1. The Bertz CT molecular complexity index is 864. The van der Waals surface area contributed by atoms with Gasteiger partial charge in [0, 0.05) is 43.9 Å². The summed E-state index contributed by atoms with van der Waals surface area (Å²) in [6, 6.07) is 7.36. The number of fused-ring (bicyclic) bond motifs is 1. The molecule has 8 heteroatoms. The molecule has 1 amide bonds. The quantitative estimate of drug-likeness (QED) is 0.683. The Morgan fingerprint density at radius 1 is 1.31 bits per heavy atom. The predicted molar refractivity (Wildman–Crippen MR) is 112 cm³/mol. The Labute approximate surface area is 171 Å². The molecule has 2 aliphatic rings. The van der Waals surface area contributed by atoms with E-state index in [1.165, 1.54) is 5.56 Å². The normalized spacial score (nSPS) is 18.9. The molecule has 0 saturated carbocycles. The topological polar surface area (TPSA) is 91.4 Å². The largest absolute Gasteiger partial charge is 0.497 e. The third-order valence-corrected chi connectivity index (χ3v) is 5.56. The number of rotatable bonds is 6. The Hall–Kier alpha value is -2.71. The van der Waals surface area contributed by atoms with Crippen LogP contribution in [0.3, 0.4) is 0 Å². The van der Waals surface area contributed by atoms with Gasteiger partial charge in [-0.05, 0) is 43.7 Å². The smallest absolute Gasteiger partial charge is 0.238 e. The third kappa shape index (κ3) is 4.49. The van der Waals surface area contributed by atoms with Crippen LogP contribution in [0.5, 0.6) is 5.75 Å². The number of hydrogen-bond acceptors (Lipinski definition) is 7. The first-order chi connectivity index (χ1) is 14.2. The van der Waals surface area contributed by atoms with E-state index in [4.69, 9.17) is 14.7 Å². The van der Waals surface area contributed by atoms with Gasteiger partial charge in [-0.25, -0.2) is 9.97 Å². The van der Waals surface area contributed by atoms with Crippen LogP contribution in [0.15, 0.2) is 24.3 Å². The number of nitrogens with one attached hydrogen (secondary N) is 3. The van der Waals surface area contributed by atoms with Crippen molar-refractivity contribution in [2.75, 3.05) is 51.0 Å². The summed E-state index contributed by atoms with van der Waals surface area (Å²) in [6.07, 6.45) is 1.90. The van der Waals surface area contributed by atoms with Crippen LogP contribution in [0.1, 0.15) is 29.4 Å². The molecule has 0 aliphatic carbocycles. The second-order valence-electron chi connectivity index (χ2n) is 7.53. The average Bonchev–Trinajstić information content (AvgIpc) is 3.28. The number of methoxy groups -OCH3 is 1. The van der Waals surface area contributed by atoms with Crippen molar-refractivity contribution >= 4 is 17.4 Å². The minimum atomic E-state index is -0.0262. The van der Waals surface area contributed by atoms with Gasteiger partial charge < -0.3 is 20.7 Å². The van der Waals surface area contributed by atoms with Crippen LogP contribution in [0.2, 0.25) is 0 Å². The van der Waals surface area contributed by atoms with E-state index in [0.29, 0.717) is 19.0 Å². The average molecular weight is 396 g/mol. The highest BCUT2D eigenvalue weighted by Crippen LogP contribution is 2.27. The van der Waals surface area contributed by atoms with Crippen molar-refractivity contribution in [1.82, 2.24) is 20.2 Å². The van der Waals surface area contributed by atoms with E-state index in [-0.39, 0.29) is 5.91 Å². The molecule has 0 unspecified atom stereocenters. The van der Waals surface area contributed by atoms with Crippen molar-refractivity contribution in [3.05, 3.63) is 41.3 Å². The van der Waals surface area contributed by atoms with Crippen molar-refractivity contribution < 1.29 is 9.53 Å². The molecular weight excluding hydrogens is 368 g/mol. The number of aromatic nitrogens is 2. The van der Waals surface area contributed by atoms with Gasteiger partial charge in [-0.3, -0.25) is 9.69 Å². The van der Waals surface area contributed by atoms with E-state index in [0.717, 1.165) is 61.2 Å². The van der Waals surface area contributed by atoms with Gasteiger partial charge in [-0.15, -0.1) is 0 Å². The summed E-state index contributed by atoms with van der Waals surface area (Å²) in [4.78, 5) is 24.3. The first kappa shape index (κ1) is 19.6. The Balaban J connectivity index is 1.43. The lowest BCUT2D eigenvalue weighted by Gasteiger charge is -2.29. The van der Waals surface area contributed by atoms with Crippen LogP contribution in [0.25, 0.3) is 0 Å². The van der Waals surface area contributed by atoms with Crippen molar-refractivity contribution in [2.24, 2.45) is 0 Å². The molecule has 0 spiro atoms. The summed E-state index contributed by atoms with van der Waals surface area (Å²) in [7, 11) is 3.54. The first-order valence-electron chi connectivity index (χ1n) is 10.1. The Morgan fingerprint density at radius 3 is 2.83 bits per heavy atom. The zero-order valence-electron chi connectivity index (χ0n) is 17.0. The molecule has 1 aromatic carbocycles. The number of hydrogen-bond donors (Lipinski definition) is 3. The third-order valence-electron chi connectivity index (χ3n) is 5.56. The van der Waals surface area contributed by atoms with Crippen LogP contribution in [0, 0.1) is 0 Å². The second-order valence-corrected chi connectivity index (χ2v) is 7.53. The van der Waals surface area contributed by atoms with E-state index < -0.39 is 0 Å². The minimum Gasteiger partial charge on any atom is -0.497 e. The maximum atomic E-state index is 12.5. The number of amides is 1. The van der Waals surface area contributed by atoms with Gasteiger partial charge in [0.25, 0.3) is 0 Å². The van der Waals surface area contributed by atoms with E-state index >= 15 is 0 Å². The maximum Gasteiger partial charge on any atom is 0.238 e. The fraction of sp³-hybridized carbons (Fsp3) is 0.476. The molecule has 8 nitrogen and oxygen atoms in total. The lowest BCUT2D eigenvalue weighted by atomic mass is 10.0. The van der Waals surface area contributed by atoms with E-state index in [9.17, 15) is 4.79 Å². The van der Waals surface area contributed by atoms with Crippen molar-refractivity contribution in [1.29, 1.82) is 0 Å². The Kier molecular flexibility index (Phi) is 5.92. The summed E-state index contributed by atoms with van der Waals surface area (Å²) in [5.41, 5.74) is 2.98. The highest BCUT2D eigenvalue weighted by molar-refractivity contribution is 5.92. The fourth-order valence-electron chi connectivity index (χ4n) is 3.98. The van der Waals surface area contributed by atoms with Crippen molar-refractivity contribution in [3.63, 3.8) is 0 Å². The van der Waals surface area contributed by atoms with Crippen LogP contribution in [-0.4, -0.2) is 61.1 Å². The van der Waals surface area contributed by atoms with Gasteiger partial charge in [0.1, 0.15) is 17.4 Å². The van der Waals surface area contributed by atoms with Crippen LogP contribution < -0.4 is 20.7 Å². The summed E-state index contributed by atoms with van der Waals surface area (Å²) in [6.45, 7) is 3.75. The van der Waals surface area contributed by atoms with Gasteiger partial charge >= 0.3 is 0 Å². The highest BCUT2D eigenvalue weighted by atomic mass is 16.5. The number of ether oxygens (including phenoxy) is 1. The van der Waals surface area contributed by atoms with Crippen LogP contribution in [-0.2, 0) is 17.8 Å². The molecule has 1 saturated heterocycles. The Morgan fingerprint density at radius 2 is 2.14 bits per heavy atom. The lowest BCUT2D eigenvalue weighted by Crippen LogP contribution is -2.38. The summed E-state index contributed by atoms with van der Waals surface area (Å²) < 4.78 is 5.15. The monoisotopic (exact) mass is 396 g/mol. The second kappa shape index (κ2) is 8.75. The van der Waals surface area contributed by atoms with Crippen LogP contribution in [0.4, 0.5) is 11.5 Å². The van der Waals surface area contributed by atoms with Gasteiger partial charge in [0.05, 0.1) is 19.3 Å². The number of carbonyl (C=O) groups excluding carboxylic acids is 1. The molecule has 3 N–H and O–H groups in total. The molecule has 2 aromatic rings. The molecule has 1 fully saturated rings. The molecular formula is C21H28N6O2. The fourth-order valence-corrected chi connectivity index (χ4v) is 3.98. The maximum absolute atomic E-state index is 12.5. The van der Waals surface area contributed by atoms with E-state index in [1.807, 2.05) is 31.3 Å². The number of nitrogens with zero attached hydrogens (tertiary/aromatic N) is 3. The minimum absolute atomic E-state index is 0.0262. The molecule has 3 heterocycles. The van der Waals surface area contributed by atoms with Crippen molar-refractivity contribution in [2.45, 2.75) is 25.3 Å². The zero-order chi connectivity index (χ0) is 20.2. The number of anilines is 2. The molecule has 154 valence electrons. The summed E-state index contributed by atoms with van der Waals surface area (Å²) in [5, 5.41) is 9.57. The number of carbonyl (C=O) groups is 1. The molecule has 0 bridgehead atoms. The lowest BCUT2D eigenvalue weighted by molar-refractivity contribution is -0.117. The summed E-state index contributed by atoms with van der Waals surface area (Å²) >= 11 is 0. The van der Waals surface area contributed by atoms with Gasteiger partial charge in [-0.2, -0.15) is 0 Å². The van der Waals surface area contributed by atoms with Crippen LogP contribution >= 0.6 is 0 Å². The van der Waals surface area contributed by atoms with Gasteiger partial charge in [0.2, 0.25) is 5.91 Å². The van der Waals surface area contributed by atoms with Gasteiger partial charge in [-0.1, -0.05) is 0 Å². The predicted octanol–water partition coefficient (Wildman–Crippen LogP) is 1.60. The SMILES string of the molecule is CNc1nc([C@@H]2CCNC2)nc2c1CCN(CC(=O)Nc1ccc(OC)cc1)C2. The van der Waals surface area contributed by atoms with Crippen molar-refractivity contribution in [3.8, 4) is 5.75 Å². The van der Waals surface area contributed by atoms with E-state index in [2.05, 4.69) is 20.9 Å². The molecule has 4 rings (SSSR count). The molecule has 1 aromatic heterocycles. The summed E-state index contributed by atoms with van der Waals surface area (Å²) in [5.74, 6) is 2.94. The molecule has 0 radical (unpaired) electrons. The van der Waals surface area contributed by atoms with Gasteiger partial charge in [0.15, 0.2) is 0 Å².